The van der Waals surface area contributed by atoms with E-state index in [9.17, 15) is 4.79 Å². The molecule has 146 valence electrons. The van der Waals surface area contributed by atoms with Crippen molar-refractivity contribution >= 4 is 10.9 Å². The van der Waals surface area contributed by atoms with Crippen LogP contribution in [0.1, 0.15) is 69.5 Å². The second-order valence-corrected chi connectivity index (χ2v) is 8.07. The van der Waals surface area contributed by atoms with Crippen molar-refractivity contribution in [3.05, 3.63) is 34.4 Å². The first-order valence-electron chi connectivity index (χ1n) is 10.7. The van der Waals surface area contributed by atoms with Gasteiger partial charge < -0.3 is 14.6 Å². The molecule has 1 aromatic heterocycles. The molecule has 1 aromatic carbocycles. The van der Waals surface area contributed by atoms with Gasteiger partial charge >= 0.3 is 0 Å². The third kappa shape index (κ3) is 4.70. The van der Waals surface area contributed by atoms with Gasteiger partial charge in [0.15, 0.2) is 0 Å². The lowest BCUT2D eigenvalue weighted by Crippen LogP contribution is -2.31. The maximum Gasteiger partial charge on any atom is 0.258 e. The largest absolute Gasteiger partial charge is 0.494 e. The van der Waals surface area contributed by atoms with Gasteiger partial charge in [-0.3, -0.25) is 4.79 Å². The number of rotatable bonds is 6. The Hall–Kier alpha value is -1.88. The molecule has 0 atom stereocenters. The van der Waals surface area contributed by atoms with Crippen molar-refractivity contribution in [2.45, 2.75) is 63.7 Å². The van der Waals surface area contributed by atoms with Crippen molar-refractivity contribution in [1.82, 2.24) is 14.9 Å². The maximum absolute atomic E-state index is 12.6. The number of ether oxygens (including phenoxy) is 1. The quantitative estimate of drug-likeness (QED) is 0.774. The van der Waals surface area contributed by atoms with Crippen LogP contribution in [-0.4, -0.2) is 41.1 Å². The molecule has 0 radical (unpaired) electrons. The Morgan fingerprint density at radius 1 is 1.07 bits per heavy atom. The van der Waals surface area contributed by atoms with Gasteiger partial charge in [0.05, 0.1) is 17.5 Å². The van der Waals surface area contributed by atoms with Gasteiger partial charge in [-0.05, 0) is 63.4 Å². The van der Waals surface area contributed by atoms with Crippen LogP contribution in [0.25, 0.3) is 10.9 Å². The highest BCUT2D eigenvalue weighted by molar-refractivity contribution is 5.79. The van der Waals surface area contributed by atoms with Crippen LogP contribution in [0.15, 0.2) is 23.0 Å². The monoisotopic (exact) mass is 369 g/mol. The van der Waals surface area contributed by atoms with Gasteiger partial charge in [0.25, 0.3) is 5.56 Å². The van der Waals surface area contributed by atoms with E-state index in [1.807, 2.05) is 18.2 Å². The lowest BCUT2D eigenvalue weighted by Gasteiger charge is -2.26. The molecular formula is C22H31N3O2. The highest BCUT2D eigenvalue weighted by atomic mass is 16.5. The number of hydrogen-bond donors (Lipinski definition) is 1. The minimum Gasteiger partial charge on any atom is -0.494 e. The van der Waals surface area contributed by atoms with Crippen LogP contribution in [0.3, 0.4) is 0 Å². The Bertz CT molecular complexity index is 805. The molecule has 4 rings (SSSR count). The summed E-state index contributed by atoms with van der Waals surface area (Å²) in [5.41, 5.74) is 0.735. The summed E-state index contributed by atoms with van der Waals surface area (Å²) in [5.74, 6) is 2.03. The molecule has 27 heavy (non-hydrogen) atoms. The highest BCUT2D eigenvalue weighted by Crippen LogP contribution is 2.30. The van der Waals surface area contributed by atoms with E-state index >= 15 is 0 Å². The number of nitrogens with one attached hydrogen (secondary N) is 1. The number of hydrogen-bond acceptors (Lipinski definition) is 4. The summed E-state index contributed by atoms with van der Waals surface area (Å²) in [4.78, 5) is 22.9. The predicted octanol–water partition coefficient (Wildman–Crippen LogP) is 4.23. The Morgan fingerprint density at radius 2 is 1.85 bits per heavy atom. The first kappa shape index (κ1) is 18.5. The zero-order valence-corrected chi connectivity index (χ0v) is 16.2. The molecular weight excluding hydrogens is 338 g/mol. The summed E-state index contributed by atoms with van der Waals surface area (Å²) in [6, 6.07) is 5.71. The smallest absolute Gasteiger partial charge is 0.258 e. The number of fused-ring (bicyclic) bond motifs is 1. The number of piperidine rings is 1. The van der Waals surface area contributed by atoms with Crippen LogP contribution >= 0.6 is 0 Å². The zero-order valence-electron chi connectivity index (χ0n) is 16.2. The minimum absolute atomic E-state index is 0.0423. The summed E-state index contributed by atoms with van der Waals surface area (Å²) >= 11 is 0. The van der Waals surface area contributed by atoms with Crippen LogP contribution in [-0.2, 0) is 0 Å². The minimum atomic E-state index is -0.0423. The number of aromatic amines is 1. The van der Waals surface area contributed by atoms with Crippen molar-refractivity contribution < 1.29 is 4.74 Å². The molecule has 1 aliphatic heterocycles. The van der Waals surface area contributed by atoms with E-state index in [0.717, 1.165) is 42.9 Å². The third-order valence-electron chi connectivity index (χ3n) is 6.02. The van der Waals surface area contributed by atoms with E-state index in [-0.39, 0.29) is 5.56 Å². The highest BCUT2D eigenvalue weighted by Gasteiger charge is 2.18. The van der Waals surface area contributed by atoms with Crippen LogP contribution in [0.2, 0.25) is 0 Å². The van der Waals surface area contributed by atoms with Crippen LogP contribution in [0.5, 0.6) is 5.75 Å². The molecule has 0 bridgehead atoms. The molecule has 0 amide bonds. The normalized spacial score (nSPS) is 19.4. The first-order valence-corrected chi connectivity index (χ1v) is 10.7. The summed E-state index contributed by atoms with van der Waals surface area (Å²) in [7, 11) is 0. The van der Waals surface area contributed by atoms with Gasteiger partial charge in [-0.25, -0.2) is 4.98 Å². The van der Waals surface area contributed by atoms with Gasteiger partial charge in [0, 0.05) is 12.5 Å². The summed E-state index contributed by atoms with van der Waals surface area (Å²) in [6.07, 6.45) is 11.1. The van der Waals surface area contributed by atoms with Crippen LogP contribution < -0.4 is 10.3 Å². The predicted molar refractivity (Wildman–Crippen MR) is 109 cm³/mol. The fourth-order valence-electron chi connectivity index (χ4n) is 4.46. The molecule has 2 fully saturated rings. The maximum atomic E-state index is 12.6. The fourth-order valence-corrected chi connectivity index (χ4v) is 4.46. The van der Waals surface area contributed by atoms with E-state index in [2.05, 4.69) is 9.88 Å². The van der Waals surface area contributed by atoms with Gasteiger partial charge in [-0.15, -0.1) is 0 Å². The summed E-state index contributed by atoms with van der Waals surface area (Å²) in [5, 5.41) is 0.628. The molecule has 2 aliphatic rings. The molecule has 2 aromatic rings. The van der Waals surface area contributed by atoms with Crippen molar-refractivity contribution in [3.8, 4) is 5.75 Å². The molecule has 0 unspecified atom stereocenters. The van der Waals surface area contributed by atoms with E-state index in [1.165, 1.54) is 51.6 Å². The lowest BCUT2D eigenvalue weighted by molar-refractivity contribution is 0.205. The summed E-state index contributed by atoms with van der Waals surface area (Å²) in [6.45, 7) is 4.23. The number of nitrogens with zero attached hydrogens (tertiary/aromatic N) is 2. The molecule has 5 nitrogen and oxygen atoms in total. The van der Waals surface area contributed by atoms with Crippen molar-refractivity contribution in [3.63, 3.8) is 0 Å². The molecule has 1 saturated heterocycles. The average molecular weight is 370 g/mol. The fraction of sp³-hybridized carbons (Fsp3) is 0.636. The first-order chi connectivity index (χ1) is 13.3. The number of H-pyrrole nitrogens is 1. The Kier molecular flexibility index (Phi) is 6.07. The molecule has 5 heteroatoms. The molecule has 1 saturated carbocycles. The van der Waals surface area contributed by atoms with Crippen molar-refractivity contribution in [2.24, 2.45) is 0 Å². The molecule has 1 N–H and O–H groups in total. The number of benzene rings is 1. The van der Waals surface area contributed by atoms with Crippen LogP contribution in [0, 0.1) is 0 Å². The van der Waals surface area contributed by atoms with E-state index in [1.54, 1.807) is 0 Å². The third-order valence-corrected chi connectivity index (χ3v) is 6.02. The van der Waals surface area contributed by atoms with Crippen LogP contribution in [0.4, 0.5) is 0 Å². The number of aromatic nitrogens is 2. The van der Waals surface area contributed by atoms with Gasteiger partial charge in [0.1, 0.15) is 11.6 Å². The summed E-state index contributed by atoms with van der Waals surface area (Å²) < 4.78 is 5.90. The SMILES string of the molecule is O=c1[nH]c(C2CCCCC2)nc2ccc(OCCCN3CCCCC3)cc12. The Morgan fingerprint density at radius 3 is 2.67 bits per heavy atom. The second-order valence-electron chi connectivity index (χ2n) is 8.07. The topological polar surface area (TPSA) is 58.2 Å². The van der Waals surface area contributed by atoms with Crippen molar-refractivity contribution in [2.75, 3.05) is 26.2 Å². The Balaban J connectivity index is 1.38. The van der Waals surface area contributed by atoms with E-state index in [0.29, 0.717) is 17.9 Å². The average Bonchev–Trinajstić information content (AvgIpc) is 2.73. The molecule has 1 aliphatic carbocycles. The number of likely N-dealkylation sites (tertiary alicyclic amines) is 1. The zero-order chi connectivity index (χ0) is 18.5. The van der Waals surface area contributed by atoms with Gasteiger partial charge in [-0.1, -0.05) is 25.7 Å². The Labute approximate surface area is 161 Å². The van der Waals surface area contributed by atoms with E-state index < -0.39 is 0 Å². The molecule has 0 spiro atoms. The van der Waals surface area contributed by atoms with E-state index in [4.69, 9.17) is 9.72 Å². The van der Waals surface area contributed by atoms with Gasteiger partial charge in [0.2, 0.25) is 0 Å². The second kappa shape index (κ2) is 8.87. The van der Waals surface area contributed by atoms with Crippen molar-refractivity contribution in [1.29, 1.82) is 0 Å². The standard InChI is InChI=1S/C22H31N3O2/c26-22-19-16-18(27-15-7-14-25-12-5-2-6-13-25)10-11-20(19)23-21(24-22)17-8-3-1-4-9-17/h10-11,16-17H,1-9,12-15H2,(H,23,24,26). The molecule has 2 heterocycles. The van der Waals surface area contributed by atoms with Gasteiger partial charge in [-0.2, -0.15) is 0 Å². The lowest BCUT2D eigenvalue weighted by atomic mass is 9.88.